The third-order valence-electron chi connectivity index (χ3n) is 5.62. The molecule has 2 aliphatic rings. The van der Waals surface area contributed by atoms with Crippen molar-refractivity contribution in [2.45, 2.75) is 57.5 Å². The molecule has 2 N–H and O–H groups in total. The van der Waals surface area contributed by atoms with Gasteiger partial charge in [-0.15, -0.1) is 0 Å². The fraction of sp³-hybridized carbons (Fsp3) is 0.667. The number of nitrogens with two attached hydrogens (primary N) is 1. The van der Waals surface area contributed by atoms with E-state index in [1.54, 1.807) is 0 Å². The lowest BCUT2D eigenvalue weighted by Crippen LogP contribution is -2.55. The number of benzene rings is 1. The Kier molecular flexibility index (Phi) is 4.13. The smallest absolute Gasteiger partial charge is 0.0335 e. The van der Waals surface area contributed by atoms with Crippen LogP contribution in [0.5, 0.6) is 0 Å². The van der Waals surface area contributed by atoms with Crippen molar-refractivity contribution in [2.24, 2.45) is 11.7 Å². The average Bonchev–Trinajstić information content (AvgIpc) is 2.69. The molecule has 1 aliphatic carbocycles. The van der Waals surface area contributed by atoms with Crippen molar-refractivity contribution >= 4 is 0 Å². The predicted octanol–water partition coefficient (Wildman–Crippen LogP) is 3.34. The lowest BCUT2D eigenvalue weighted by Gasteiger charge is -2.45. The van der Waals surface area contributed by atoms with Gasteiger partial charge in [-0.05, 0) is 42.7 Å². The second-order valence-corrected chi connectivity index (χ2v) is 6.90. The van der Waals surface area contributed by atoms with Crippen LogP contribution in [0.3, 0.4) is 0 Å². The van der Waals surface area contributed by atoms with Crippen molar-refractivity contribution in [3.05, 3.63) is 35.4 Å². The van der Waals surface area contributed by atoms with Crippen molar-refractivity contribution in [3.8, 4) is 0 Å². The second kappa shape index (κ2) is 5.87. The van der Waals surface area contributed by atoms with Crippen LogP contribution in [0.25, 0.3) is 0 Å². The van der Waals surface area contributed by atoms with E-state index in [4.69, 9.17) is 5.73 Å². The summed E-state index contributed by atoms with van der Waals surface area (Å²) in [6, 6.07) is 8.93. The molecule has 0 aromatic heterocycles. The largest absolute Gasteiger partial charge is 0.329 e. The van der Waals surface area contributed by atoms with Crippen LogP contribution in [0.2, 0.25) is 0 Å². The van der Waals surface area contributed by atoms with Gasteiger partial charge in [0.25, 0.3) is 0 Å². The van der Waals surface area contributed by atoms with Gasteiger partial charge in [0.05, 0.1) is 0 Å². The van der Waals surface area contributed by atoms with Crippen LogP contribution in [-0.2, 0) is 13.0 Å². The summed E-state index contributed by atoms with van der Waals surface area (Å²) in [5.74, 6) is 0.875. The monoisotopic (exact) mass is 272 g/mol. The van der Waals surface area contributed by atoms with Crippen LogP contribution in [0.4, 0.5) is 0 Å². The van der Waals surface area contributed by atoms with Gasteiger partial charge in [0.15, 0.2) is 0 Å². The molecule has 2 unspecified atom stereocenters. The van der Waals surface area contributed by atoms with E-state index in [1.807, 2.05) is 0 Å². The average molecular weight is 272 g/mol. The quantitative estimate of drug-likeness (QED) is 0.837. The Hall–Kier alpha value is -0.860. The Bertz CT molecular complexity index is 456. The Labute approximate surface area is 123 Å². The van der Waals surface area contributed by atoms with Crippen molar-refractivity contribution < 1.29 is 0 Å². The van der Waals surface area contributed by atoms with E-state index in [9.17, 15) is 0 Å². The maximum atomic E-state index is 6.26. The van der Waals surface area contributed by atoms with Gasteiger partial charge in [-0.1, -0.05) is 44.0 Å². The molecule has 0 saturated heterocycles. The van der Waals surface area contributed by atoms with E-state index < -0.39 is 0 Å². The SMILES string of the molecule is CC1CCCC(CN)(N2CCc3ccccc3C2)CC1. The van der Waals surface area contributed by atoms with E-state index >= 15 is 0 Å². The minimum atomic E-state index is 0.262. The summed E-state index contributed by atoms with van der Waals surface area (Å²) in [6.45, 7) is 5.50. The summed E-state index contributed by atoms with van der Waals surface area (Å²) in [7, 11) is 0. The Morgan fingerprint density at radius 1 is 1.20 bits per heavy atom. The minimum absolute atomic E-state index is 0.262. The van der Waals surface area contributed by atoms with Crippen LogP contribution in [0.15, 0.2) is 24.3 Å². The molecule has 2 atom stereocenters. The molecule has 1 heterocycles. The van der Waals surface area contributed by atoms with Crippen molar-refractivity contribution in [3.63, 3.8) is 0 Å². The Morgan fingerprint density at radius 2 is 2.00 bits per heavy atom. The van der Waals surface area contributed by atoms with Crippen LogP contribution < -0.4 is 5.73 Å². The molecule has 1 fully saturated rings. The Morgan fingerprint density at radius 3 is 2.80 bits per heavy atom. The van der Waals surface area contributed by atoms with Gasteiger partial charge in [0, 0.05) is 25.2 Å². The molecule has 2 nitrogen and oxygen atoms in total. The third kappa shape index (κ3) is 2.64. The molecule has 1 saturated carbocycles. The van der Waals surface area contributed by atoms with E-state index in [-0.39, 0.29) is 5.54 Å². The summed E-state index contributed by atoms with van der Waals surface area (Å²) in [5, 5.41) is 0. The fourth-order valence-corrected chi connectivity index (χ4v) is 4.11. The maximum Gasteiger partial charge on any atom is 0.0335 e. The highest BCUT2D eigenvalue weighted by Crippen LogP contribution is 2.36. The fourth-order valence-electron chi connectivity index (χ4n) is 4.11. The molecule has 3 rings (SSSR count). The molecular formula is C18H28N2. The van der Waals surface area contributed by atoms with Gasteiger partial charge in [0.1, 0.15) is 0 Å². The first-order valence-corrected chi connectivity index (χ1v) is 8.25. The molecule has 110 valence electrons. The molecule has 1 aliphatic heterocycles. The van der Waals surface area contributed by atoms with Gasteiger partial charge in [-0.25, -0.2) is 0 Å². The summed E-state index contributed by atoms with van der Waals surface area (Å²) in [4.78, 5) is 2.70. The predicted molar refractivity (Wildman–Crippen MR) is 84.6 cm³/mol. The topological polar surface area (TPSA) is 29.3 Å². The van der Waals surface area contributed by atoms with Gasteiger partial charge in [-0.2, -0.15) is 0 Å². The van der Waals surface area contributed by atoms with Gasteiger partial charge in [-0.3, -0.25) is 4.90 Å². The van der Waals surface area contributed by atoms with Gasteiger partial charge < -0.3 is 5.73 Å². The van der Waals surface area contributed by atoms with Crippen molar-refractivity contribution in [1.29, 1.82) is 0 Å². The zero-order chi connectivity index (χ0) is 14.0. The molecule has 0 amide bonds. The zero-order valence-electron chi connectivity index (χ0n) is 12.8. The van der Waals surface area contributed by atoms with Crippen molar-refractivity contribution in [2.75, 3.05) is 13.1 Å². The first-order valence-electron chi connectivity index (χ1n) is 8.25. The van der Waals surface area contributed by atoms with Crippen LogP contribution in [0.1, 0.15) is 50.2 Å². The standard InChI is InChI=1S/C18H28N2/c1-15-5-4-10-18(14-19,11-8-15)20-12-9-16-6-2-3-7-17(16)13-20/h2-3,6-7,15H,4-5,8-14,19H2,1H3. The summed E-state index contributed by atoms with van der Waals surface area (Å²) in [5.41, 5.74) is 9.58. The van der Waals surface area contributed by atoms with Gasteiger partial charge in [0.2, 0.25) is 0 Å². The number of rotatable bonds is 2. The van der Waals surface area contributed by atoms with Crippen LogP contribution in [0, 0.1) is 5.92 Å². The number of fused-ring (bicyclic) bond motifs is 1. The first-order chi connectivity index (χ1) is 9.73. The number of nitrogens with zero attached hydrogens (tertiary/aromatic N) is 1. The molecule has 2 heteroatoms. The highest BCUT2D eigenvalue weighted by Gasteiger charge is 2.38. The molecule has 1 aromatic carbocycles. The number of hydrogen-bond donors (Lipinski definition) is 1. The highest BCUT2D eigenvalue weighted by atomic mass is 15.2. The van der Waals surface area contributed by atoms with Gasteiger partial charge >= 0.3 is 0 Å². The maximum absolute atomic E-state index is 6.26. The number of hydrogen-bond acceptors (Lipinski definition) is 2. The lowest BCUT2D eigenvalue weighted by atomic mass is 9.85. The molecule has 20 heavy (non-hydrogen) atoms. The van der Waals surface area contributed by atoms with E-state index in [1.165, 1.54) is 56.2 Å². The summed E-state index contributed by atoms with van der Waals surface area (Å²) < 4.78 is 0. The van der Waals surface area contributed by atoms with Crippen LogP contribution >= 0.6 is 0 Å². The molecular weight excluding hydrogens is 244 g/mol. The summed E-state index contributed by atoms with van der Waals surface area (Å²) >= 11 is 0. The lowest BCUT2D eigenvalue weighted by molar-refractivity contribution is 0.0635. The van der Waals surface area contributed by atoms with Crippen molar-refractivity contribution in [1.82, 2.24) is 4.90 Å². The molecule has 1 aromatic rings. The molecule has 0 radical (unpaired) electrons. The first kappa shape index (κ1) is 14.1. The van der Waals surface area contributed by atoms with Crippen LogP contribution in [-0.4, -0.2) is 23.5 Å². The highest BCUT2D eigenvalue weighted by molar-refractivity contribution is 5.29. The normalized spacial score (nSPS) is 31.6. The zero-order valence-corrected chi connectivity index (χ0v) is 12.8. The van der Waals surface area contributed by atoms with E-state index in [0.717, 1.165) is 19.0 Å². The Balaban J connectivity index is 1.80. The summed E-state index contributed by atoms with van der Waals surface area (Å²) in [6.07, 6.45) is 7.83. The second-order valence-electron chi connectivity index (χ2n) is 6.90. The third-order valence-corrected chi connectivity index (χ3v) is 5.62. The minimum Gasteiger partial charge on any atom is -0.329 e. The molecule has 0 spiro atoms. The van der Waals surface area contributed by atoms with E-state index in [2.05, 4.69) is 36.1 Å². The van der Waals surface area contributed by atoms with E-state index in [0.29, 0.717) is 0 Å². The molecule has 0 bridgehead atoms.